The number of aromatic nitrogens is 2. The van der Waals surface area contributed by atoms with Crippen LogP contribution in [0.25, 0.3) is 0 Å². The number of carbonyl (C=O) groups excluding carboxylic acids is 1. The molecule has 3 rings (SSSR count). The molecule has 0 atom stereocenters. The average Bonchev–Trinajstić information content (AvgIpc) is 2.87. The molecule has 0 unspecified atom stereocenters. The summed E-state index contributed by atoms with van der Waals surface area (Å²) in [6.07, 6.45) is 1.29. The van der Waals surface area contributed by atoms with Gasteiger partial charge in [0.25, 0.3) is 0 Å². The topological polar surface area (TPSA) is 77.4 Å². The summed E-state index contributed by atoms with van der Waals surface area (Å²) >= 11 is 0. The number of hydrogen-bond donors (Lipinski definition) is 2. The zero-order valence-electron chi connectivity index (χ0n) is 14.9. The molecule has 7 heteroatoms. The number of anilines is 1. The minimum absolute atomic E-state index is 0.0755. The molecule has 1 aliphatic heterocycles. The Morgan fingerprint density at radius 1 is 1.36 bits per heavy atom. The van der Waals surface area contributed by atoms with Crippen LogP contribution in [0.15, 0.2) is 18.2 Å². The minimum atomic E-state index is 0.0755. The summed E-state index contributed by atoms with van der Waals surface area (Å²) in [5.41, 5.74) is 4.04. The molecule has 0 saturated carbocycles. The van der Waals surface area contributed by atoms with E-state index in [4.69, 9.17) is 9.47 Å². The van der Waals surface area contributed by atoms with E-state index in [-0.39, 0.29) is 5.91 Å². The number of fused-ring (bicyclic) bond motifs is 1. The van der Waals surface area contributed by atoms with Crippen LogP contribution in [0.5, 0.6) is 11.6 Å². The zero-order chi connectivity index (χ0) is 17.8. The fraction of sp³-hybridized carbons (Fsp3) is 0.444. The number of aryl methyl sites for hydroxylation is 3. The maximum atomic E-state index is 11.4. The molecule has 1 aliphatic rings. The molecule has 7 nitrogen and oxygen atoms in total. The Morgan fingerprint density at radius 3 is 3.00 bits per heavy atom. The predicted molar refractivity (Wildman–Crippen MR) is 95.1 cm³/mol. The first-order valence-corrected chi connectivity index (χ1v) is 8.41. The Kier molecular flexibility index (Phi) is 5.23. The van der Waals surface area contributed by atoms with Crippen LogP contribution < -0.4 is 20.1 Å². The number of amides is 1. The molecule has 0 aliphatic carbocycles. The first-order valence-electron chi connectivity index (χ1n) is 8.41. The van der Waals surface area contributed by atoms with E-state index in [2.05, 4.69) is 15.7 Å². The average molecular weight is 344 g/mol. The smallest absolute Gasteiger partial charge is 0.224 e. The molecule has 1 amide bonds. The summed E-state index contributed by atoms with van der Waals surface area (Å²) < 4.78 is 12.9. The number of benzene rings is 1. The molecule has 0 fully saturated rings. The largest absolute Gasteiger partial charge is 0.492 e. The number of ether oxygens (including phenoxy) is 2. The van der Waals surface area contributed by atoms with E-state index in [0.717, 1.165) is 40.6 Å². The number of methoxy groups -OCH3 is 1. The Morgan fingerprint density at radius 2 is 2.20 bits per heavy atom. The van der Waals surface area contributed by atoms with Crippen LogP contribution in [-0.4, -0.2) is 35.9 Å². The number of nitrogens with one attached hydrogen (secondary N) is 2. The summed E-state index contributed by atoms with van der Waals surface area (Å²) in [5, 5.41) is 10.6. The highest BCUT2D eigenvalue weighted by molar-refractivity contribution is 5.93. The van der Waals surface area contributed by atoms with Gasteiger partial charge in [-0.25, -0.2) is 4.68 Å². The third-order valence-electron chi connectivity index (χ3n) is 4.30. The van der Waals surface area contributed by atoms with Gasteiger partial charge in [-0.15, -0.1) is 0 Å². The summed E-state index contributed by atoms with van der Waals surface area (Å²) in [4.78, 5) is 11.4. The van der Waals surface area contributed by atoms with Crippen molar-refractivity contribution in [1.29, 1.82) is 0 Å². The maximum absolute atomic E-state index is 11.4. The number of hydrogen-bond acceptors (Lipinski definition) is 5. The predicted octanol–water partition coefficient (Wildman–Crippen LogP) is 1.79. The van der Waals surface area contributed by atoms with Crippen LogP contribution in [0.3, 0.4) is 0 Å². The standard InChI is InChI=1S/C18H24N4O3/c1-12-15(18(24-3)22(2)21-12)11-19-8-9-25-14-5-6-16-13(10-14)4-7-17(23)20-16/h5-6,10,19H,4,7-9,11H2,1-3H3,(H,20,23). The van der Waals surface area contributed by atoms with Gasteiger partial charge in [-0.05, 0) is 37.1 Å². The molecular formula is C18H24N4O3. The molecule has 0 bridgehead atoms. The Balaban J connectivity index is 1.47. The van der Waals surface area contributed by atoms with Crippen molar-refractivity contribution in [3.8, 4) is 11.6 Å². The fourth-order valence-electron chi connectivity index (χ4n) is 3.04. The van der Waals surface area contributed by atoms with Crippen molar-refractivity contribution in [3.05, 3.63) is 35.0 Å². The fourth-order valence-corrected chi connectivity index (χ4v) is 3.04. The quantitative estimate of drug-likeness (QED) is 0.749. The molecule has 0 saturated heterocycles. The van der Waals surface area contributed by atoms with Gasteiger partial charge in [-0.2, -0.15) is 5.10 Å². The molecule has 25 heavy (non-hydrogen) atoms. The maximum Gasteiger partial charge on any atom is 0.224 e. The van der Waals surface area contributed by atoms with E-state index >= 15 is 0 Å². The lowest BCUT2D eigenvalue weighted by atomic mass is 10.0. The van der Waals surface area contributed by atoms with Gasteiger partial charge in [0, 0.05) is 32.2 Å². The third kappa shape index (κ3) is 3.93. The molecule has 2 heterocycles. The normalized spacial score (nSPS) is 13.3. The van der Waals surface area contributed by atoms with Crippen molar-refractivity contribution in [2.45, 2.75) is 26.3 Å². The molecule has 1 aromatic heterocycles. The van der Waals surface area contributed by atoms with Crippen LogP contribution in [0, 0.1) is 6.92 Å². The highest BCUT2D eigenvalue weighted by Gasteiger charge is 2.15. The summed E-state index contributed by atoms with van der Waals surface area (Å²) in [6.45, 7) is 3.93. The van der Waals surface area contributed by atoms with E-state index in [9.17, 15) is 4.79 Å². The van der Waals surface area contributed by atoms with E-state index in [1.165, 1.54) is 0 Å². The van der Waals surface area contributed by atoms with Crippen molar-refractivity contribution < 1.29 is 14.3 Å². The SMILES string of the molecule is COc1c(CNCCOc2ccc3c(c2)CCC(=O)N3)c(C)nn1C. The van der Waals surface area contributed by atoms with E-state index in [1.807, 2.05) is 32.2 Å². The van der Waals surface area contributed by atoms with Gasteiger partial charge in [0.05, 0.1) is 18.4 Å². The molecule has 2 N–H and O–H groups in total. The van der Waals surface area contributed by atoms with Crippen molar-refractivity contribution in [1.82, 2.24) is 15.1 Å². The molecular weight excluding hydrogens is 320 g/mol. The van der Waals surface area contributed by atoms with Gasteiger partial charge >= 0.3 is 0 Å². The molecule has 1 aromatic carbocycles. The van der Waals surface area contributed by atoms with Gasteiger partial charge in [-0.3, -0.25) is 4.79 Å². The summed E-state index contributed by atoms with van der Waals surface area (Å²) in [5.74, 6) is 1.68. The minimum Gasteiger partial charge on any atom is -0.492 e. The van der Waals surface area contributed by atoms with E-state index in [0.29, 0.717) is 26.1 Å². The first kappa shape index (κ1) is 17.3. The van der Waals surface area contributed by atoms with Gasteiger partial charge in [-0.1, -0.05) is 0 Å². The van der Waals surface area contributed by atoms with Crippen LogP contribution >= 0.6 is 0 Å². The lowest BCUT2D eigenvalue weighted by molar-refractivity contribution is -0.116. The molecule has 2 aromatic rings. The highest BCUT2D eigenvalue weighted by Crippen LogP contribution is 2.26. The molecule has 0 radical (unpaired) electrons. The van der Waals surface area contributed by atoms with Crippen molar-refractivity contribution >= 4 is 11.6 Å². The second-order valence-corrected chi connectivity index (χ2v) is 6.09. The van der Waals surface area contributed by atoms with Gasteiger partial charge in [0.1, 0.15) is 12.4 Å². The highest BCUT2D eigenvalue weighted by atomic mass is 16.5. The van der Waals surface area contributed by atoms with Crippen LogP contribution in [0.2, 0.25) is 0 Å². The molecule has 134 valence electrons. The third-order valence-corrected chi connectivity index (χ3v) is 4.30. The van der Waals surface area contributed by atoms with Crippen molar-refractivity contribution in [2.75, 3.05) is 25.6 Å². The van der Waals surface area contributed by atoms with Gasteiger partial charge in [0.2, 0.25) is 11.8 Å². The van der Waals surface area contributed by atoms with E-state index < -0.39 is 0 Å². The van der Waals surface area contributed by atoms with Crippen LogP contribution in [0.4, 0.5) is 5.69 Å². The van der Waals surface area contributed by atoms with Crippen molar-refractivity contribution in [2.24, 2.45) is 7.05 Å². The van der Waals surface area contributed by atoms with Gasteiger partial charge < -0.3 is 20.1 Å². The van der Waals surface area contributed by atoms with E-state index in [1.54, 1.807) is 11.8 Å². The van der Waals surface area contributed by atoms with Crippen LogP contribution in [-0.2, 0) is 24.8 Å². The monoisotopic (exact) mass is 344 g/mol. The number of nitrogens with zero attached hydrogens (tertiary/aromatic N) is 2. The zero-order valence-corrected chi connectivity index (χ0v) is 14.9. The Hall–Kier alpha value is -2.54. The number of rotatable bonds is 7. The molecule has 0 spiro atoms. The van der Waals surface area contributed by atoms with Gasteiger partial charge in [0.15, 0.2) is 0 Å². The van der Waals surface area contributed by atoms with Crippen molar-refractivity contribution in [3.63, 3.8) is 0 Å². The Bertz CT molecular complexity index is 770. The first-order chi connectivity index (χ1) is 12.1. The summed E-state index contributed by atoms with van der Waals surface area (Å²) in [6, 6.07) is 5.79. The number of carbonyl (C=O) groups is 1. The lowest BCUT2D eigenvalue weighted by Gasteiger charge is -2.17. The Labute approximate surface area is 147 Å². The summed E-state index contributed by atoms with van der Waals surface area (Å²) in [7, 11) is 3.53. The second-order valence-electron chi connectivity index (χ2n) is 6.09. The second kappa shape index (κ2) is 7.57. The lowest BCUT2D eigenvalue weighted by Crippen LogP contribution is -2.21. The van der Waals surface area contributed by atoms with Crippen LogP contribution in [0.1, 0.15) is 23.2 Å².